The van der Waals surface area contributed by atoms with Gasteiger partial charge in [0.05, 0.1) is 9.47 Å². The van der Waals surface area contributed by atoms with Crippen molar-refractivity contribution in [1.82, 2.24) is 0 Å². The van der Waals surface area contributed by atoms with Crippen LogP contribution >= 0.6 is 9.47 Å². The van der Waals surface area contributed by atoms with E-state index in [1.54, 1.807) is 24.3 Å². The van der Waals surface area contributed by atoms with Crippen LogP contribution in [0.4, 0.5) is 0 Å². The van der Waals surface area contributed by atoms with E-state index in [4.69, 9.17) is 14.7 Å². The molecule has 0 fully saturated rings. The molecule has 0 aromatic heterocycles. The van der Waals surface area contributed by atoms with Crippen LogP contribution in [0, 0.1) is 0 Å². The normalized spacial score (nSPS) is 7.50. The molecule has 1 atom stereocenters. The van der Waals surface area contributed by atoms with Crippen LogP contribution in [0.25, 0.3) is 0 Å². The summed E-state index contributed by atoms with van der Waals surface area (Å²) >= 11 is 0. The second kappa shape index (κ2) is 13.5. The topological polar surface area (TPSA) is 81.2 Å². The van der Waals surface area contributed by atoms with Gasteiger partial charge in [-0.25, -0.2) is 0 Å². The van der Waals surface area contributed by atoms with Gasteiger partial charge >= 0.3 is 0 Å². The van der Waals surface area contributed by atoms with Gasteiger partial charge in [0.2, 0.25) is 0 Å². The van der Waals surface area contributed by atoms with Crippen LogP contribution in [0.15, 0.2) is 60.7 Å². The molecule has 0 radical (unpaired) electrons. The van der Waals surface area contributed by atoms with Crippen LogP contribution < -0.4 is 4.52 Å². The predicted octanol–water partition coefficient (Wildman–Crippen LogP) is 2.03. The predicted molar refractivity (Wildman–Crippen MR) is 76.6 cm³/mol. The molecule has 0 heterocycles. The minimum atomic E-state index is 0. The van der Waals surface area contributed by atoms with Gasteiger partial charge in [0, 0.05) is 7.11 Å². The van der Waals surface area contributed by atoms with Gasteiger partial charge in [-0.3, -0.25) is 0 Å². The minimum absolute atomic E-state index is 0. The van der Waals surface area contributed by atoms with Crippen molar-refractivity contribution in [2.24, 2.45) is 0 Å². The number of aliphatic hydroxyl groups excluding tert-OH is 1. The van der Waals surface area contributed by atoms with E-state index in [0.717, 1.165) is 12.9 Å². The third-order valence-electron chi connectivity index (χ3n) is 1.64. The van der Waals surface area contributed by atoms with Crippen LogP contribution in [0.2, 0.25) is 0 Å². The summed E-state index contributed by atoms with van der Waals surface area (Å²) in [5, 5.41) is 15.6. The number of rotatable bonds is 1. The SMILES string of the molecule is CO.O.Oc1ccccc1.POc1ccccc1. The summed E-state index contributed by atoms with van der Waals surface area (Å²) in [7, 11) is 3.19. The number of hydrogen-bond acceptors (Lipinski definition) is 3. The molecule has 0 aliphatic carbocycles. The molecular formula is C13H19O4P. The number of aliphatic hydroxyl groups is 1. The molecule has 0 spiro atoms. The zero-order chi connectivity index (χ0) is 12.9. The Morgan fingerprint density at radius 3 is 1.44 bits per heavy atom. The lowest BCUT2D eigenvalue weighted by molar-refractivity contribution is 0.399. The quantitative estimate of drug-likeness (QED) is 0.778. The maximum Gasteiger partial charge on any atom is 0.122 e. The number of aromatic hydroxyl groups is 1. The summed E-state index contributed by atoms with van der Waals surface area (Å²) in [5.74, 6) is 1.19. The van der Waals surface area contributed by atoms with E-state index in [-0.39, 0.29) is 5.48 Å². The standard InChI is InChI=1S/C6H7OP.C6H6O.CH4O.H2O/c8-7-6-4-2-1-3-5-6;7-6-4-2-1-3-5-6;1-2;/h1-5H,8H2;1-5,7H;2H,1H3;1H2. The van der Waals surface area contributed by atoms with Crippen LogP contribution in [0.1, 0.15) is 0 Å². The average molecular weight is 270 g/mol. The molecule has 5 heteroatoms. The van der Waals surface area contributed by atoms with Crippen molar-refractivity contribution in [2.75, 3.05) is 7.11 Å². The van der Waals surface area contributed by atoms with Crippen molar-refractivity contribution in [3.63, 3.8) is 0 Å². The lowest BCUT2D eigenvalue weighted by atomic mass is 10.3. The number of para-hydroxylation sites is 2. The molecule has 100 valence electrons. The molecule has 0 bridgehead atoms. The molecule has 0 saturated carbocycles. The van der Waals surface area contributed by atoms with Crippen LogP contribution in [-0.4, -0.2) is 22.8 Å². The Morgan fingerprint density at radius 1 is 0.833 bits per heavy atom. The smallest absolute Gasteiger partial charge is 0.122 e. The highest BCUT2D eigenvalue weighted by molar-refractivity contribution is 7.10. The van der Waals surface area contributed by atoms with Crippen molar-refractivity contribution in [3.05, 3.63) is 60.7 Å². The lowest BCUT2D eigenvalue weighted by Crippen LogP contribution is -1.68. The van der Waals surface area contributed by atoms with Gasteiger partial charge in [0.15, 0.2) is 0 Å². The Bertz CT molecular complexity index is 367. The largest absolute Gasteiger partial charge is 0.508 e. The van der Waals surface area contributed by atoms with Crippen molar-refractivity contribution in [1.29, 1.82) is 0 Å². The third-order valence-corrected chi connectivity index (χ3v) is 1.91. The molecule has 2 aromatic carbocycles. The summed E-state index contributed by atoms with van der Waals surface area (Å²) in [6.07, 6.45) is 0. The van der Waals surface area contributed by atoms with E-state index in [2.05, 4.69) is 9.47 Å². The molecule has 0 aliphatic heterocycles. The van der Waals surface area contributed by atoms with Crippen molar-refractivity contribution >= 4 is 9.47 Å². The first-order valence-electron chi connectivity index (χ1n) is 4.93. The van der Waals surface area contributed by atoms with E-state index in [1.807, 2.05) is 36.4 Å². The fourth-order valence-corrected chi connectivity index (χ4v) is 1.08. The monoisotopic (exact) mass is 270 g/mol. The van der Waals surface area contributed by atoms with Gasteiger partial charge in [0.1, 0.15) is 11.5 Å². The first-order valence-corrected chi connectivity index (χ1v) is 5.40. The summed E-state index contributed by atoms with van der Waals surface area (Å²) in [4.78, 5) is 0. The molecule has 0 aliphatic rings. The van der Waals surface area contributed by atoms with Crippen LogP contribution in [-0.2, 0) is 0 Å². The Labute approximate surface area is 109 Å². The van der Waals surface area contributed by atoms with E-state index in [9.17, 15) is 0 Å². The molecule has 0 amide bonds. The second-order valence-electron chi connectivity index (χ2n) is 2.77. The third kappa shape index (κ3) is 9.60. The molecule has 2 rings (SSSR count). The highest BCUT2D eigenvalue weighted by Gasteiger charge is 1.80. The first kappa shape index (κ1) is 18.7. The van der Waals surface area contributed by atoms with E-state index < -0.39 is 0 Å². The number of phenolic OH excluding ortho intramolecular Hbond substituents is 1. The highest BCUT2D eigenvalue weighted by atomic mass is 31.0. The van der Waals surface area contributed by atoms with Gasteiger partial charge in [-0.1, -0.05) is 36.4 Å². The Balaban J connectivity index is 0. The summed E-state index contributed by atoms with van der Waals surface area (Å²) in [6, 6.07) is 18.3. The summed E-state index contributed by atoms with van der Waals surface area (Å²) < 4.78 is 4.83. The Hall–Kier alpha value is -1.61. The second-order valence-corrected chi connectivity index (χ2v) is 3.00. The lowest BCUT2D eigenvalue weighted by Gasteiger charge is -1.93. The molecular weight excluding hydrogens is 251 g/mol. The number of benzene rings is 2. The van der Waals surface area contributed by atoms with E-state index >= 15 is 0 Å². The zero-order valence-corrected chi connectivity index (χ0v) is 11.3. The van der Waals surface area contributed by atoms with Gasteiger partial charge in [-0.05, 0) is 24.3 Å². The maximum atomic E-state index is 8.63. The van der Waals surface area contributed by atoms with Crippen molar-refractivity contribution in [3.8, 4) is 11.5 Å². The molecule has 18 heavy (non-hydrogen) atoms. The van der Waals surface area contributed by atoms with Gasteiger partial charge in [-0.2, -0.15) is 0 Å². The van der Waals surface area contributed by atoms with Gasteiger partial charge < -0.3 is 20.2 Å². The minimum Gasteiger partial charge on any atom is -0.508 e. The van der Waals surface area contributed by atoms with Gasteiger partial charge in [-0.15, -0.1) is 0 Å². The zero-order valence-electron chi connectivity index (χ0n) is 10.2. The van der Waals surface area contributed by atoms with Gasteiger partial charge in [0.25, 0.3) is 0 Å². The van der Waals surface area contributed by atoms with E-state index in [1.165, 1.54) is 0 Å². The average Bonchev–Trinajstić information content (AvgIpc) is 2.43. The summed E-state index contributed by atoms with van der Waals surface area (Å²) in [6.45, 7) is 0. The molecule has 2 aromatic rings. The van der Waals surface area contributed by atoms with Crippen LogP contribution in [0.5, 0.6) is 11.5 Å². The fourth-order valence-electron chi connectivity index (χ4n) is 0.927. The number of hydrogen-bond donors (Lipinski definition) is 2. The van der Waals surface area contributed by atoms with E-state index in [0.29, 0.717) is 5.75 Å². The fraction of sp³-hybridized carbons (Fsp3) is 0.0769. The Kier molecular flexibility index (Phi) is 14.0. The molecule has 4 N–H and O–H groups in total. The molecule has 1 unspecified atom stereocenters. The first-order chi connectivity index (χ1) is 8.33. The molecule has 4 nitrogen and oxygen atoms in total. The highest BCUT2D eigenvalue weighted by Crippen LogP contribution is 2.09. The van der Waals surface area contributed by atoms with Crippen molar-refractivity contribution < 1.29 is 20.2 Å². The number of phenols is 1. The van der Waals surface area contributed by atoms with Crippen molar-refractivity contribution in [2.45, 2.75) is 0 Å². The summed E-state index contributed by atoms with van der Waals surface area (Å²) in [5.41, 5.74) is 0. The maximum absolute atomic E-state index is 8.63. The Morgan fingerprint density at radius 2 is 1.22 bits per heavy atom. The molecule has 0 saturated heterocycles. The van der Waals surface area contributed by atoms with Crippen LogP contribution in [0.3, 0.4) is 0 Å².